The largest absolute Gasteiger partial charge is 0.339 e. The second kappa shape index (κ2) is 7.54. The van der Waals surface area contributed by atoms with Crippen LogP contribution in [0.1, 0.15) is 37.7 Å². The fourth-order valence-electron chi connectivity index (χ4n) is 2.72. The molecular formula is C16H22ClNO. The minimum atomic E-state index is 0.264. The molecular weight excluding hydrogens is 258 g/mol. The number of piperidine rings is 1. The first-order valence-corrected chi connectivity index (χ1v) is 7.74. The molecule has 1 aliphatic rings. The van der Waals surface area contributed by atoms with Crippen LogP contribution in [0.15, 0.2) is 30.3 Å². The lowest BCUT2D eigenvalue weighted by Gasteiger charge is -2.34. The first-order valence-electron chi connectivity index (χ1n) is 7.20. The van der Waals surface area contributed by atoms with E-state index >= 15 is 0 Å². The van der Waals surface area contributed by atoms with E-state index in [9.17, 15) is 4.79 Å². The van der Waals surface area contributed by atoms with E-state index in [0.717, 1.165) is 32.2 Å². The third kappa shape index (κ3) is 4.24. The molecule has 0 aromatic heterocycles. The van der Waals surface area contributed by atoms with E-state index in [2.05, 4.69) is 12.1 Å². The summed E-state index contributed by atoms with van der Waals surface area (Å²) in [4.78, 5) is 14.2. The Morgan fingerprint density at radius 2 is 2.05 bits per heavy atom. The first-order chi connectivity index (χ1) is 9.31. The number of amides is 1. The lowest BCUT2D eigenvalue weighted by atomic mass is 10.0. The van der Waals surface area contributed by atoms with Gasteiger partial charge in [0.25, 0.3) is 0 Å². The summed E-state index contributed by atoms with van der Waals surface area (Å²) in [5.41, 5.74) is 1.31. The Hall–Kier alpha value is -1.02. The highest BCUT2D eigenvalue weighted by molar-refractivity contribution is 6.18. The van der Waals surface area contributed by atoms with Crippen LogP contribution in [0.2, 0.25) is 0 Å². The van der Waals surface area contributed by atoms with Crippen molar-refractivity contribution in [3.05, 3.63) is 35.9 Å². The van der Waals surface area contributed by atoms with E-state index in [-0.39, 0.29) is 11.9 Å². The van der Waals surface area contributed by atoms with Crippen LogP contribution in [0.25, 0.3) is 0 Å². The van der Waals surface area contributed by atoms with Crippen molar-refractivity contribution < 1.29 is 4.79 Å². The molecule has 1 aliphatic heterocycles. The highest BCUT2D eigenvalue weighted by atomic mass is 35.5. The molecule has 1 aromatic carbocycles. The van der Waals surface area contributed by atoms with Crippen molar-refractivity contribution in [1.29, 1.82) is 0 Å². The number of benzene rings is 1. The molecule has 0 saturated carbocycles. The van der Waals surface area contributed by atoms with Gasteiger partial charge >= 0.3 is 0 Å². The maximum atomic E-state index is 12.2. The van der Waals surface area contributed by atoms with E-state index in [4.69, 9.17) is 11.6 Å². The van der Waals surface area contributed by atoms with Gasteiger partial charge in [0.15, 0.2) is 0 Å². The van der Waals surface area contributed by atoms with Crippen molar-refractivity contribution in [3.63, 3.8) is 0 Å². The van der Waals surface area contributed by atoms with Gasteiger partial charge in [0.1, 0.15) is 0 Å². The zero-order valence-electron chi connectivity index (χ0n) is 11.4. The molecule has 0 N–H and O–H groups in total. The number of alkyl halides is 1. The number of hydrogen-bond donors (Lipinski definition) is 0. The molecule has 1 aromatic rings. The Kier molecular flexibility index (Phi) is 5.71. The van der Waals surface area contributed by atoms with E-state index < -0.39 is 0 Å². The summed E-state index contributed by atoms with van der Waals surface area (Å²) in [6.45, 7) is 0.890. The molecule has 2 rings (SSSR count). The Balaban J connectivity index is 1.77. The smallest absolute Gasteiger partial charge is 0.222 e. The predicted molar refractivity (Wildman–Crippen MR) is 79.5 cm³/mol. The SMILES string of the molecule is O=C(CCCc1ccccc1)N1CCCCC1CCl. The number of nitrogens with zero attached hydrogens (tertiary/aromatic N) is 1. The monoisotopic (exact) mass is 279 g/mol. The molecule has 0 aliphatic carbocycles. The van der Waals surface area contributed by atoms with Crippen LogP contribution < -0.4 is 0 Å². The fourth-order valence-corrected chi connectivity index (χ4v) is 3.04. The molecule has 19 heavy (non-hydrogen) atoms. The van der Waals surface area contributed by atoms with Gasteiger partial charge in [-0.05, 0) is 37.7 Å². The number of likely N-dealkylation sites (tertiary alicyclic amines) is 1. The van der Waals surface area contributed by atoms with Crippen LogP contribution in [-0.4, -0.2) is 29.3 Å². The fraction of sp³-hybridized carbons (Fsp3) is 0.562. The zero-order valence-corrected chi connectivity index (χ0v) is 12.1. The third-order valence-electron chi connectivity index (χ3n) is 3.82. The summed E-state index contributed by atoms with van der Waals surface area (Å²) < 4.78 is 0. The summed E-state index contributed by atoms with van der Waals surface area (Å²) in [5.74, 6) is 0.853. The predicted octanol–water partition coefficient (Wildman–Crippen LogP) is 3.63. The van der Waals surface area contributed by atoms with Crippen molar-refractivity contribution in [2.24, 2.45) is 0 Å². The van der Waals surface area contributed by atoms with E-state index in [1.165, 1.54) is 12.0 Å². The molecule has 1 amide bonds. The highest BCUT2D eigenvalue weighted by Crippen LogP contribution is 2.19. The van der Waals surface area contributed by atoms with Crippen molar-refractivity contribution in [2.45, 2.75) is 44.6 Å². The number of aryl methyl sites for hydroxylation is 1. The molecule has 1 unspecified atom stereocenters. The van der Waals surface area contributed by atoms with Crippen LogP contribution in [0.4, 0.5) is 0 Å². The Morgan fingerprint density at radius 3 is 2.79 bits per heavy atom. The van der Waals surface area contributed by atoms with Crippen LogP contribution in [0, 0.1) is 0 Å². The average molecular weight is 280 g/mol. The van der Waals surface area contributed by atoms with Crippen LogP contribution in [0.5, 0.6) is 0 Å². The van der Waals surface area contributed by atoms with E-state index in [1.807, 2.05) is 23.1 Å². The van der Waals surface area contributed by atoms with E-state index in [1.54, 1.807) is 0 Å². The van der Waals surface area contributed by atoms with Crippen molar-refractivity contribution >= 4 is 17.5 Å². The van der Waals surface area contributed by atoms with Gasteiger partial charge in [-0.2, -0.15) is 0 Å². The summed E-state index contributed by atoms with van der Waals surface area (Å²) in [7, 11) is 0. The number of carbonyl (C=O) groups is 1. The molecule has 1 atom stereocenters. The summed E-state index contributed by atoms with van der Waals surface area (Å²) in [6.07, 6.45) is 5.93. The van der Waals surface area contributed by atoms with Gasteiger partial charge in [0.05, 0.1) is 0 Å². The molecule has 104 valence electrons. The number of carbonyl (C=O) groups excluding carboxylic acids is 1. The van der Waals surface area contributed by atoms with E-state index in [0.29, 0.717) is 12.3 Å². The quantitative estimate of drug-likeness (QED) is 0.754. The van der Waals surface area contributed by atoms with Crippen molar-refractivity contribution in [2.75, 3.05) is 12.4 Å². The maximum absolute atomic E-state index is 12.2. The van der Waals surface area contributed by atoms with Crippen LogP contribution in [-0.2, 0) is 11.2 Å². The topological polar surface area (TPSA) is 20.3 Å². The second-order valence-corrected chi connectivity index (χ2v) is 5.54. The number of hydrogen-bond acceptors (Lipinski definition) is 1. The van der Waals surface area contributed by atoms with Gasteiger partial charge < -0.3 is 4.90 Å². The van der Waals surface area contributed by atoms with Gasteiger partial charge in [-0.25, -0.2) is 0 Å². The van der Waals surface area contributed by atoms with Gasteiger partial charge in [-0.3, -0.25) is 4.79 Å². The Morgan fingerprint density at radius 1 is 1.26 bits per heavy atom. The van der Waals surface area contributed by atoms with Gasteiger partial charge in [0.2, 0.25) is 5.91 Å². The first kappa shape index (κ1) is 14.4. The lowest BCUT2D eigenvalue weighted by Crippen LogP contribution is -2.44. The van der Waals surface area contributed by atoms with Crippen molar-refractivity contribution in [3.8, 4) is 0 Å². The van der Waals surface area contributed by atoms with Gasteiger partial charge in [0, 0.05) is 24.9 Å². The standard InChI is InChI=1S/C16H22ClNO/c17-13-15-10-4-5-12-18(15)16(19)11-6-9-14-7-2-1-3-8-14/h1-3,7-8,15H,4-6,9-13H2. The normalized spacial score (nSPS) is 19.4. The minimum Gasteiger partial charge on any atom is -0.339 e. The average Bonchev–Trinajstić information content (AvgIpc) is 2.48. The summed E-state index contributed by atoms with van der Waals surface area (Å²) in [6, 6.07) is 10.6. The minimum absolute atomic E-state index is 0.264. The number of rotatable bonds is 5. The molecule has 1 fully saturated rings. The van der Waals surface area contributed by atoms with Gasteiger partial charge in [-0.15, -0.1) is 11.6 Å². The van der Waals surface area contributed by atoms with Gasteiger partial charge in [-0.1, -0.05) is 30.3 Å². The molecule has 2 nitrogen and oxygen atoms in total. The Labute approximate surface area is 120 Å². The summed E-state index contributed by atoms with van der Waals surface area (Å²) >= 11 is 5.96. The lowest BCUT2D eigenvalue weighted by molar-refractivity contribution is -0.134. The summed E-state index contributed by atoms with van der Waals surface area (Å²) in [5, 5.41) is 0. The molecule has 3 heteroatoms. The Bertz CT molecular complexity index is 393. The second-order valence-electron chi connectivity index (χ2n) is 5.23. The number of halogens is 1. The van der Waals surface area contributed by atoms with Crippen molar-refractivity contribution in [1.82, 2.24) is 4.90 Å². The molecule has 0 spiro atoms. The zero-order chi connectivity index (χ0) is 13.5. The van der Waals surface area contributed by atoms with Crippen LogP contribution >= 0.6 is 11.6 Å². The molecule has 0 radical (unpaired) electrons. The van der Waals surface area contributed by atoms with Crippen LogP contribution in [0.3, 0.4) is 0 Å². The highest BCUT2D eigenvalue weighted by Gasteiger charge is 2.25. The molecule has 1 heterocycles. The molecule has 1 saturated heterocycles. The molecule has 0 bridgehead atoms. The maximum Gasteiger partial charge on any atom is 0.222 e. The third-order valence-corrected chi connectivity index (χ3v) is 4.18.